The van der Waals surface area contributed by atoms with Gasteiger partial charge in [0.05, 0.1) is 26.9 Å². The minimum absolute atomic E-state index is 0.0329. The van der Waals surface area contributed by atoms with Crippen molar-refractivity contribution < 1.29 is 18.0 Å². The summed E-state index contributed by atoms with van der Waals surface area (Å²) in [7, 11) is 0. The number of carbonyl (C=O) groups excluding carboxylic acids is 1. The first-order valence-electron chi connectivity index (χ1n) is 9.84. The Morgan fingerprint density at radius 1 is 1.00 bits per heavy atom. The number of halogens is 5. The van der Waals surface area contributed by atoms with Crippen LogP contribution in [0.1, 0.15) is 5.56 Å². The Labute approximate surface area is 206 Å². The number of hydrogen-bond donors (Lipinski definition) is 2. The van der Waals surface area contributed by atoms with Gasteiger partial charge in [-0.25, -0.2) is 0 Å². The fourth-order valence-corrected chi connectivity index (χ4v) is 4.64. The molecule has 0 atom stereocenters. The Hall–Kier alpha value is -2.94. The van der Waals surface area contributed by atoms with E-state index in [0.29, 0.717) is 21.5 Å². The molecule has 4 nitrogen and oxygen atoms in total. The van der Waals surface area contributed by atoms with Crippen LogP contribution in [0.5, 0.6) is 0 Å². The number of fused-ring (bicyclic) bond motifs is 1. The lowest BCUT2D eigenvalue weighted by atomic mass is 10.0. The molecule has 1 amide bonds. The minimum atomic E-state index is -4.58. The Kier molecular flexibility index (Phi) is 6.93. The van der Waals surface area contributed by atoms with E-state index < -0.39 is 23.2 Å². The van der Waals surface area contributed by atoms with Crippen molar-refractivity contribution in [3.05, 3.63) is 92.7 Å². The topological polar surface area (TPSA) is 62.0 Å². The van der Waals surface area contributed by atoms with E-state index in [0.717, 1.165) is 35.5 Å². The summed E-state index contributed by atoms with van der Waals surface area (Å²) in [6.07, 6.45) is -4.58. The summed E-state index contributed by atoms with van der Waals surface area (Å²) in [5, 5.41) is 3.53. The first-order valence-corrected chi connectivity index (χ1v) is 11.6. The number of benzene rings is 3. The molecule has 0 bridgehead atoms. The van der Waals surface area contributed by atoms with Crippen LogP contribution >= 0.6 is 35.0 Å². The molecule has 0 saturated carbocycles. The average molecular weight is 523 g/mol. The molecule has 0 aliphatic rings. The molecule has 0 aliphatic carbocycles. The number of aromatic nitrogens is 1. The zero-order valence-electron chi connectivity index (χ0n) is 17.2. The van der Waals surface area contributed by atoms with E-state index in [1.807, 2.05) is 30.3 Å². The fourth-order valence-electron chi connectivity index (χ4n) is 3.40. The molecule has 0 unspecified atom stereocenters. The van der Waals surface area contributed by atoms with Crippen molar-refractivity contribution in [3.63, 3.8) is 0 Å². The third-order valence-electron chi connectivity index (χ3n) is 4.91. The molecular weight excluding hydrogens is 508 g/mol. The molecule has 1 heterocycles. The molecule has 2 N–H and O–H groups in total. The van der Waals surface area contributed by atoms with E-state index in [-0.39, 0.29) is 21.4 Å². The number of thioether (sulfide) groups is 1. The van der Waals surface area contributed by atoms with Gasteiger partial charge >= 0.3 is 6.18 Å². The Morgan fingerprint density at radius 2 is 1.74 bits per heavy atom. The van der Waals surface area contributed by atoms with Crippen molar-refractivity contribution in [2.24, 2.45) is 0 Å². The molecule has 0 saturated heterocycles. The number of nitrogens with one attached hydrogen (secondary N) is 2. The number of carbonyl (C=O) groups is 1. The van der Waals surface area contributed by atoms with E-state index in [1.165, 1.54) is 0 Å². The zero-order chi connectivity index (χ0) is 24.5. The first-order chi connectivity index (χ1) is 16.1. The zero-order valence-corrected chi connectivity index (χ0v) is 19.5. The lowest BCUT2D eigenvalue weighted by Crippen LogP contribution is -2.17. The van der Waals surface area contributed by atoms with Gasteiger partial charge in [-0.1, -0.05) is 53.5 Å². The maximum Gasteiger partial charge on any atom is 0.416 e. The van der Waals surface area contributed by atoms with Crippen LogP contribution in [0.15, 0.2) is 76.4 Å². The molecule has 4 aromatic rings. The predicted molar refractivity (Wildman–Crippen MR) is 131 cm³/mol. The van der Waals surface area contributed by atoms with Crippen molar-refractivity contribution in [3.8, 4) is 11.1 Å². The summed E-state index contributed by atoms with van der Waals surface area (Å²) in [4.78, 5) is 28.5. The lowest BCUT2D eigenvalue weighted by molar-refractivity contribution is -0.137. The van der Waals surface area contributed by atoms with Crippen LogP contribution in [0.2, 0.25) is 10.0 Å². The normalized spacial score (nSPS) is 11.6. The second kappa shape index (κ2) is 9.74. The third kappa shape index (κ3) is 5.24. The van der Waals surface area contributed by atoms with Crippen LogP contribution < -0.4 is 10.9 Å². The Balaban J connectivity index is 1.66. The van der Waals surface area contributed by atoms with Crippen molar-refractivity contribution in [1.82, 2.24) is 4.98 Å². The van der Waals surface area contributed by atoms with Crippen molar-refractivity contribution in [2.45, 2.75) is 11.1 Å². The number of hydrogen-bond acceptors (Lipinski definition) is 3. The van der Waals surface area contributed by atoms with Gasteiger partial charge in [0.1, 0.15) is 0 Å². The summed E-state index contributed by atoms with van der Waals surface area (Å²) in [5.74, 6) is -0.850. The molecule has 0 aliphatic heterocycles. The monoisotopic (exact) mass is 522 g/mol. The van der Waals surface area contributed by atoms with Crippen molar-refractivity contribution >= 4 is 57.5 Å². The van der Waals surface area contributed by atoms with E-state index in [4.69, 9.17) is 23.2 Å². The molecule has 0 radical (unpaired) electrons. The number of alkyl halides is 3. The average Bonchev–Trinajstić information content (AvgIpc) is 2.79. The van der Waals surface area contributed by atoms with Gasteiger partial charge < -0.3 is 10.3 Å². The predicted octanol–water partition coefficient (Wildman–Crippen LogP) is 7.25. The first kappa shape index (κ1) is 24.2. The highest BCUT2D eigenvalue weighted by molar-refractivity contribution is 8.00. The number of anilines is 1. The smallest absolute Gasteiger partial charge is 0.324 e. The van der Waals surface area contributed by atoms with Gasteiger partial charge in [0.25, 0.3) is 5.56 Å². The molecule has 10 heteroatoms. The Morgan fingerprint density at radius 3 is 2.44 bits per heavy atom. The highest BCUT2D eigenvalue weighted by Gasteiger charge is 2.31. The van der Waals surface area contributed by atoms with E-state index in [9.17, 15) is 22.8 Å². The summed E-state index contributed by atoms with van der Waals surface area (Å²) in [6, 6.07) is 16.9. The van der Waals surface area contributed by atoms with Crippen molar-refractivity contribution in [2.75, 3.05) is 11.1 Å². The molecule has 34 heavy (non-hydrogen) atoms. The molecular formula is C24H15Cl2F3N2O2S. The lowest BCUT2D eigenvalue weighted by Gasteiger charge is -2.14. The van der Waals surface area contributed by atoms with Gasteiger partial charge in [-0.15, -0.1) is 11.8 Å². The maximum absolute atomic E-state index is 13.0. The van der Waals surface area contributed by atoms with E-state index in [1.54, 1.807) is 18.2 Å². The van der Waals surface area contributed by atoms with Crippen LogP contribution in [0.4, 0.5) is 18.9 Å². The highest BCUT2D eigenvalue weighted by atomic mass is 35.5. The SMILES string of the molecule is O=C(CSc1c(-c2ccccc2)c2cc(Cl)ccc2[nH]c1=O)Nc1cc(C(F)(F)F)ccc1Cl. The van der Waals surface area contributed by atoms with Gasteiger partial charge in [-0.2, -0.15) is 13.2 Å². The van der Waals surface area contributed by atoms with Gasteiger partial charge in [-0.05, 0) is 42.0 Å². The summed E-state index contributed by atoms with van der Waals surface area (Å²) >= 11 is 13.1. The second-order valence-corrected chi connectivity index (χ2v) is 9.07. The number of pyridine rings is 1. The van der Waals surface area contributed by atoms with Crippen LogP contribution in [-0.4, -0.2) is 16.6 Å². The molecule has 1 aromatic heterocycles. The number of aromatic amines is 1. The van der Waals surface area contributed by atoms with Gasteiger partial charge in [-0.3, -0.25) is 9.59 Å². The largest absolute Gasteiger partial charge is 0.416 e. The standard InChI is InChI=1S/C24H15Cl2F3N2O2S/c25-15-7-9-18-16(11-15)21(13-4-2-1-3-5-13)22(23(33)31-18)34-12-20(32)30-19-10-14(24(27,28)29)6-8-17(19)26/h1-11H,12H2,(H,30,32)(H,31,33). The fraction of sp³-hybridized carbons (Fsp3) is 0.0833. The van der Waals surface area contributed by atoms with Crippen LogP contribution in [0.3, 0.4) is 0 Å². The minimum Gasteiger partial charge on any atom is -0.324 e. The van der Waals surface area contributed by atoms with Gasteiger partial charge in [0.15, 0.2) is 0 Å². The number of rotatable bonds is 5. The molecule has 0 fully saturated rings. The summed E-state index contributed by atoms with van der Waals surface area (Å²) < 4.78 is 39.0. The quantitative estimate of drug-likeness (QED) is 0.271. The highest BCUT2D eigenvalue weighted by Crippen LogP contribution is 2.36. The Bertz CT molecular complexity index is 1440. The van der Waals surface area contributed by atoms with Gasteiger partial charge in [0, 0.05) is 21.5 Å². The molecule has 4 rings (SSSR count). The van der Waals surface area contributed by atoms with Crippen LogP contribution in [-0.2, 0) is 11.0 Å². The van der Waals surface area contributed by atoms with E-state index >= 15 is 0 Å². The maximum atomic E-state index is 13.0. The van der Waals surface area contributed by atoms with Crippen LogP contribution in [0, 0.1) is 0 Å². The van der Waals surface area contributed by atoms with Crippen LogP contribution in [0.25, 0.3) is 22.0 Å². The van der Waals surface area contributed by atoms with E-state index in [2.05, 4.69) is 10.3 Å². The third-order valence-corrected chi connectivity index (χ3v) is 6.56. The summed E-state index contributed by atoms with van der Waals surface area (Å²) in [6.45, 7) is 0. The second-order valence-electron chi connectivity index (χ2n) is 7.24. The summed E-state index contributed by atoms with van der Waals surface area (Å²) in [5.41, 5.74) is 0.446. The molecule has 174 valence electrons. The molecule has 0 spiro atoms. The van der Waals surface area contributed by atoms with Crippen molar-refractivity contribution in [1.29, 1.82) is 0 Å². The number of amides is 1. The number of H-pyrrole nitrogens is 1. The van der Waals surface area contributed by atoms with Gasteiger partial charge in [0.2, 0.25) is 5.91 Å². The molecule has 3 aromatic carbocycles.